The van der Waals surface area contributed by atoms with Crippen LogP contribution in [-0.4, -0.2) is 0 Å². The lowest BCUT2D eigenvalue weighted by Crippen LogP contribution is -2.17. The molecule has 0 amide bonds. The number of hydrogen-bond acceptors (Lipinski definition) is 0. The fourth-order valence-corrected chi connectivity index (χ4v) is 1.95. The highest BCUT2D eigenvalue weighted by Gasteiger charge is 2.18. The minimum Gasteiger partial charge on any atom is -0.0996 e. The average molecular weight is 154 g/mol. The summed E-state index contributed by atoms with van der Waals surface area (Å²) in [4.78, 5) is 0. The van der Waals surface area contributed by atoms with Crippen LogP contribution in [0.4, 0.5) is 0 Å². The van der Waals surface area contributed by atoms with E-state index in [9.17, 15) is 0 Å². The fourth-order valence-electron chi connectivity index (χ4n) is 1.95. The molecule has 0 fully saturated rings. The lowest BCUT2D eigenvalue weighted by molar-refractivity contribution is 0.332. The summed E-state index contributed by atoms with van der Waals surface area (Å²) in [5.74, 6) is 2.19. The van der Waals surface area contributed by atoms with Gasteiger partial charge in [-0.3, -0.25) is 0 Å². The Bertz CT molecular complexity index is 112. The fraction of sp³-hybridized carbons (Fsp3) is 0.818. The minimum atomic E-state index is 0.708. The maximum atomic E-state index is 4.12. The quantitative estimate of drug-likeness (QED) is 0.539. The van der Waals surface area contributed by atoms with Crippen LogP contribution >= 0.6 is 0 Å². The number of allylic oxidation sites excluding steroid dienone is 1. The van der Waals surface area contributed by atoms with Gasteiger partial charge in [0.15, 0.2) is 0 Å². The van der Waals surface area contributed by atoms with Crippen LogP contribution in [-0.2, 0) is 0 Å². The molecule has 0 aromatic rings. The molecule has 0 heterocycles. The van der Waals surface area contributed by atoms with Gasteiger partial charge >= 0.3 is 0 Å². The van der Waals surface area contributed by atoms with E-state index in [2.05, 4.69) is 41.2 Å². The summed E-state index contributed by atoms with van der Waals surface area (Å²) >= 11 is 0. The monoisotopic (exact) mass is 154 g/mol. The van der Waals surface area contributed by atoms with E-state index in [0.717, 1.165) is 18.3 Å². The molecule has 0 aliphatic heterocycles. The largest absolute Gasteiger partial charge is 0.0996 e. The zero-order valence-corrected chi connectivity index (χ0v) is 8.65. The first kappa shape index (κ1) is 10.7. The third-order valence-electron chi connectivity index (χ3n) is 2.36. The highest BCUT2D eigenvalue weighted by molar-refractivity contribution is 5.01. The second-order valence-electron chi connectivity index (χ2n) is 4.03. The highest BCUT2D eigenvalue weighted by atomic mass is 14.2. The first-order chi connectivity index (χ1) is 5.00. The molecular weight excluding hydrogens is 132 g/mol. The van der Waals surface area contributed by atoms with Crippen molar-refractivity contribution in [3.8, 4) is 0 Å². The zero-order chi connectivity index (χ0) is 9.02. The summed E-state index contributed by atoms with van der Waals surface area (Å²) in [6.07, 6.45) is 1.13. The Kier molecular flexibility index (Phi) is 4.48. The second-order valence-corrected chi connectivity index (χ2v) is 4.03. The van der Waals surface area contributed by atoms with Crippen LogP contribution in [0.5, 0.6) is 0 Å². The Morgan fingerprint density at radius 3 is 1.55 bits per heavy atom. The van der Waals surface area contributed by atoms with Crippen molar-refractivity contribution < 1.29 is 0 Å². The lowest BCUT2D eigenvalue weighted by Gasteiger charge is -2.26. The van der Waals surface area contributed by atoms with Crippen LogP contribution in [0.15, 0.2) is 12.2 Å². The summed E-state index contributed by atoms with van der Waals surface area (Å²) in [5, 5.41) is 0. The molecule has 0 aliphatic carbocycles. The Morgan fingerprint density at radius 2 is 1.45 bits per heavy atom. The molecule has 0 aliphatic rings. The van der Waals surface area contributed by atoms with Gasteiger partial charge in [0.05, 0.1) is 0 Å². The number of rotatable bonds is 4. The molecule has 0 atom stereocenters. The van der Waals surface area contributed by atoms with Gasteiger partial charge in [-0.1, -0.05) is 46.8 Å². The van der Waals surface area contributed by atoms with Gasteiger partial charge in [0.1, 0.15) is 0 Å². The first-order valence-electron chi connectivity index (χ1n) is 4.68. The van der Waals surface area contributed by atoms with Gasteiger partial charge in [0.2, 0.25) is 0 Å². The third-order valence-corrected chi connectivity index (χ3v) is 2.36. The molecule has 0 radical (unpaired) electrons. The molecule has 0 spiro atoms. The van der Waals surface area contributed by atoms with Crippen molar-refractivity contribution in [2.24, 2.45) is 17.8 Å². The molecule has 0 rings (SSSR count). The predicted octanol–water partition coefficient (Wildman–Crippen LogP) is 3.88. The smallest absolute Gasteiger partial charge is 0.0160 e. The molecule has 0 saturated carbocycles. The molecule has 0 heteroatoms. The maximum Gasteiger partial charge on any atom is -0.0160 e. The van der Waals surface area contributed by atoms with Crippen molar-refractivity contribution in [1.29, 1.82) is 0 Å². The van der Waals surface area contributed by atoms with E-state index >= 15 is 0 Å². The van der Waals surface area contributed by atoms with E-state index in [1.165, 1.54) is 5.57 Å². The maximum absolute atomic E-state index is 4.12. The van der Waals surface area contributed by atoms with E-state index in [4.69, 9.17) is 0 Å². The molecule has 11 heavy (non-hydrogen) atoms. The standard InChI is InChI=1S/C11H22/c1-7-10(6)11(8(2)3)9(4)5/h8-9,11H,6-7H2,1-5H3. The summed E-state index contributed by atoms with van der Waals surface area (Å²) in [6.45, 7) is 15.4. The Labute approximate surface area is 71.7 Å². The van der Waals surface area contributed by atoms with Gasteiger partial charge in [-0.05, 0) is 24.2 Å². The van der Waals surface area contributed by atoms with Crippen LogP contribution < -0.4 is 0 Å². The van der Waals surface area contributed by atoms with Crippen molar-refractivity contribution in [2.75, 3.05) is 0 Å². The van der Waals surface area contributed by atoms with Gasteiger partial charge in [0, 0.05) is 0 Å². The third kappa shape index (κ3) is 3.09. The molecule has 0 unspecified atom stereocenters. The topological polar surface area (TPSA) is 0 Å². The van der Waals surface area contributed by atoms with Gasteiger partial charge in [0.25, 0.3) is 0 Å². The lowest BCUT2D eigenvalue weighted by atomic mass is 9.79. The molecule has 0 aromatic heterocycles. The van der Waals surface area contributed by atoms with Crippen molar-refractivity contribution in [3.05, 3.63) is 12.2 Å². The highest BCUT2D eigenvalue weighted by Crippen LogP contribution is 2.28. The van der Waals surface area contributed by atoms with E-state index in [1.54, 1.807) is 0 Å². The van der Waals surface area contributed by atoms with Crippen LogP contribution in [0.2, 0.25) is 0 Å². The van der Waals surface area contributed by atoms with Crippen molar-refractivity contribution in [3.63, 3.8) is 0 Å². The second kappa shape index (κ2) is 4.58. The van der Waals surface area contributed by atoms with Crippen LogP contribution in [0, 0.1) is 17.8 Å². The van der Waals surface area contributed by atoms with Gasteiger partial charge in [-0.15, -0.1) is 0 Å². The zero-order valence-electron chi connectivity index (χ0n) is 8.65. The SMILES string of the molecule is C=C(CC)C(C(C)C)C(C)C. The van der Waals surface area contributed by atoms with Crippen LogP contribution in [0.3, 0.4) is 0 Å². The first-order valence-corrected chi connectivity index (χ1v) is 4.68. The van der Waals surface area contributed by atoms with Crippen LogP contribution in [0.1, 0.15) is 41.0 Å². The molecular formula is C11H22. The molecule has 66 valence electrons. The van der Waals surface area contributed by atoms with Crippen molar-refractivity contribution in [1.82, 2.24) is 0 Å². The number of hydrogen-bond donors (Lipinski definition) is 0. The van der Waals surface area contributed by atoms with Gasteiger partial charge in [-0.25, -0.2) is 0 Å². The summed E-state index contributed by atoms with van der Waals surface area (Å²) in [7, 11) is 0. The normalized spacial score (nSPS) is 11.6. The van der Waals surface area contributed by atoms with E-state index in [1.807, 2.05) is 0 Å². The molecule has 0 nitrogen and oxygen atoms in total. The van der Waals surface area contributed by atoms with Gasteiger partial charge < -0.3 is 0 Å². The Hall–Kier alpha value is -0.260. The van der Waals surface area contributed by atoms with Gasteiger partial charge in [-0.2, -0.15) is 0 Å². The average Bonchev–Trinajstić information content (AvgIpc) is 1.85. The van der Waals surface area contributed by atoms with Crippen molar-refractivity contribution >= 4 is 0 Å². The van der Waals surface area contributed by atoms with Crippen molar-refractivity contribution in [2.45, 2.75) is 41.0 Å². The Morgan fingerprint density at radius 1 is 1.09 bits per heavy atom. The molecule has 0 bridgehead atoms. The van der Waals surface area contributed by atoms with E-state index in [-0.39, 0.29) is 0 Å². The van der Waals surface area contributed by atoms with E-state index < -0.39 is 0 Å². The Balaban J connectivity index is 4.22. The molecule has 0 aromatic carbocycles. The van der Waals surface area contributed by atoms with Crippen LogP contribution in [0.25, 0.3) is 0 Å². The summed E-state index contributed by atoms with van der Waals surface area (Å²) in [6, 6.07) is 0. The molecule has 0 saturated heterocycles. The summed E-state index contributed by atoms with van der Waals surface area (Å²) < 4.78 is 0. The summed E-state index contributed by atoms with van der Waals surface area (Å²) in [5.41, 5.74) is 1.41. The minimum absolute atomic E-state index is 0.708. The predicted molar refractivity (Wildman–Crippen MR) is 52.6 cm³/mol. The van der Waals surface area contributed by atoms with E-state index in [0.29, 0.717) is 5.92 Å². The molecule has 0 N–H and O–H groups in total.